The minimum atomic E-state index is 0.00796. The molecule has 3 aromatic rings. The van der Waals surface area contributed by atoms with E-state index >= 15 is 0 Å². The number of methoxy groups -OCH3 is 1. The highest BCUT2D eigenvalue weighted by Crippen LogP contribution is 2.30. The van der Waals surface area contributed by atoms with Crippen LogP contribution in [0.1, 0.15) is 30.5 Å². The summed E-state index contributed by atoms with van der Waals surface area (Å²) in [7, 11) is 1.61. The molecule has 1 amide bonds. The topological polar surface area (TPSA) is 101 Å². The lowest BCUT2D eigenvalue weighted by atomic mass is 9.95. The van der Waals surface area contributed by atoms with Gasteiger partial charge in [-0.1, -0.05) is 11.6 Å². The number of fused-ring (bicyclic) bond motifs is 2. The lowest BCUT2D eigenvalue weighted by Gasteiger charge is -2.31. The Bertz CT molecular complexity index is 1200. The number of nitrogens with zero attached hydrogens (tertiary/aromatic N) is 3. The second-order valence-corrected chi connectivity index (χ2v) is 10.0. The van der Waals surface area contributed by atoms with Crippen LogP contribution in [0.2, 0.25) is 5.02 Å². The molecule has 0 unspecified atom stereocenters. The van der Waals surface area contributed by atoms with Gasteiger partial charge in [0, 0.05) is 43.0 Å². The van der Waals surface area contributed by atoms with Crippen LogP contribution in [0, 0.1) is 0 Å². The van der Waals surface area contributed by atoms with Gasteiger partial charge in [0.05, 0.1) is 39.5 Å². The fourth-order valence-electron chi connectivity index (χ4n) is 4.44. The molecule has 0 aromatic carbocycles. The number of carbonyl (C=O) groups excluding carboxylic acids is 1. The Morgan fingerprint density at radius 1 is 1.24 bits per heavy atom. The number of aryl methyl sites for hydroxylation is 1. The van der Waals surface area contributed by atoms with Gasteiger partial charge in [-0.3, -0.25) is 9.78 Å². The number of carbonyl (C=O) groups is 1. The quantitative estimate of drug-likeness (QED) is 0.454. The number of amides is 1. The largest absolute Gasteiger partial charge is 0.481 e. The standard InChI is InChI=1S/C24H27ClN6O2S/c1-33-22-9-7-19-23(31-22)17(18(25)12-28-19)6-4-14-2-3-15(10-26-14)27-11-16-5-8-20-24(29-16)30-21(32)13-34-20/h5,7-9,12,14-15,26-27H,2-4,6,10-11,13H2,1H3,(H,29,30,32)/t14-,15+/m0/s1. The van der Waals surface area contributed by atoms with Crippen molar-refractivity contribution in [3.63, 3.8) is 0 Å². The molecular formula is C24H27ClN6O2S. The highest BCUT2D eigenvalue weighted by atomic mass is 35.5. The zero-order chi connectivity index (χ0) is 23.5. The van der Waals surface area contributed by atoms with Crippen molar-refractivity contribution in [2.75, 3.05) is 24.7 Å². The van der Waals surface area contributed by atoms with Gasteiger partial charge in [-0.05, 0) is 43.9 Å². The lowest BCUT2D eigenvalue weighted by molar-refractivity contribution is -0.113. The summed E-state index contributed by atoms with van der Waals surface area (Å²) in [6.07, 6.45) is 5.69. The summed E-state index contributed by atoms with van der Waals surface area (Å²) in [6.45, 7) is 1.58. The van der Waals surface area contributed by atoms with Crippen LogP contribution in [0.5, 0.6) is 5.88 Å². The molecule has 2 atom stereocenters. The van der Waals surface area contributed by atoms with E-state index < -0.39 is 0 Å². The van der Waals surface area contributed by atoms with Gasteiger partial charge in [0.25, 0.3) is 0 Å². The number of hydrogen-bond acceptors (Lipinski definition) is 8. The number of ether oxygens (including phenoxy) is 1. The van der Waals surface area contributed by atoms with E-state index in [2.05, 4.69) is 30.9 Å². The predicted molar refractivity (Wildman–Crippen MR) is 135 cm³/mol. The van der Waals surface area contributed by atoms with Gasteiger partial charge in [0.1, 0.15) is 5.82 Å². The first-order chi connectivity index (χ1) is 16.6. The SMILES string of the molecule is COc1ccc2ncc(Cl)c(CC[C@@H]3CC[C@@H](NCc4ccc5c(n4)NC(=O)CS5)CN3)c2n1. The molecule has 3 aromatic heterocycles. The van der Waals surface area contributed by atoms with Gasteiger partial charge >= 0.3 is 0 Å². The number of nitrogens with one attached hydrogen (secondary N) is 3. The van der Waals surface area contributed by atoms with Crippen LogP contribution in [0.3, 0.4) is 0 Å². The molecule has 8 nitrogen and oxygen atoms in total. The van der Waals surface area contributed by atoms with Gasteiger partial charge in [-0.2, -0.15) is 0 Å². The number of halogens is 1. The molecule has 3 N–H and O–H groups in total. The summed E-state index contributed by atoms with van der Waals surface area (Å²) in [6, 6.07) is 8.61. The van der Waals surface area contributed by atoms with E-state index in [1.807, 2.05) is 24.3 Å². The lowest BCUT2D eigenvalue weighted by Crippen LogP contribution is -2.47. The summed E-state index contributed by atoms with van der Waals surface area (Å²) in [5.74, 6) is 1.71. The number of hydrogen-bond donors (Lipinski definition) is 3. The third-order valence-corrected chi connectivity index (χ3v) is 7.68. The average Bonchev–Trinajstić information content (AvgIpc) is 2.87. The second-order valence-electron chi connectivity index (χ2n) is 8.59. The Morgan fingerprint density at radius 3 is 2.97 bits per heavy atom. The first-order valence-corrected chi connectivity index (χ1v) is 12.8. The normalized spacial score (nSPS) is 20.1. The van der Waals surface area contributed by atoms with Crippen LogP contribution in [0.4, 0.5) is 5.82 Å². The zero-order valence-electron chi connectivity index (χ0n) is 18.9. The summed E-state index contributed by atoms with van der Waals surface area (Å²) in [5.41, 5.74) is 3.60. The summed E-state index contributed by atoms with van der Waals surface area (Å²) >= 11 is 8.02. The molecule has 2 aliphatic rings. The molecule has 10 heteroatoms. The van der Waals surface area contributed by atoms with Crippen LogP contribution < -0.4 is 20.7 Å². The van der Waals surface area contributed by atoms with E-state index in [4.69, 9.17) is 16.3 Å². The van der Waals surface area contributed by atoms with Crippen LogP contribution in [-0.4, -0.2) is 52.4 Å². The Labute approximate surface area is 207 Å². The number of pyridine rings is 3. The Balaban J connectivity index is 1.13. The molecule has 0 spiro atoms. The second kappa shape index (κ2) is 10.4. The predicted octanol–water partition coefficient (Wildman–Crippen LogP) is 3.57. The van der Waals surface area contributed by atoms with E-state index in [1.54, 1.807) is 13.3 Å². The maximum Gasteiger partial charge on any atom is 0.235 e. The highest BCUT2D eigenvalue weighted by molar-refractivity contribution is 8.00. The maximum atomic E-state index is 11.6. The molecule has 0 saturated carbocycles. The van der Waals surface area contributed by atoms with Gasteiger partial charge in [0.2, 0.25) is 11.8 Å². The summed E-state index contributed by atoms with van der Waals surface area (Å²) in [5, 5.41) is 10.8. The number of rotatable bonds is 7. The smallest absolute Gasteiger partial charge is 0.235 e. The Hall–Kier alpha value is -2.46. The van der Waals surface area contributed by atoms with Gasteiger partial charge in [-0.25, -0.2) is 9.97 Å². The van der Waals surface area contributed by atoms with E-state index in [0.29, 0.717) is 41.1 Å². The van der Waals surface area contributed by atoms with E-state index in [1.165, 1.54) is 11.8 Å². The molecule has 5 rings (SSSR count). The molecule has 1 fully saturated rings. The summed E-state index contributed by atoms with van der Waals surface area (Å²) in [4.78, 5) is 26.2. The van der Waals surface area contributed by atoms with Crippen molar-refractivity contribution in [2.24, 2.45) is 0 Å². The van der Waals surface area contributed by atoms with Gasteiger partial charge < -0.3 is 20.7 Å². The van der Waals surface area contributed by atoms with Crippen molar-refractivity contribution in [3.05, 3.63) is 46.7 Å². The Kier molecular flexibility index (Phi) is 7.15. The zero-order valence-corrected chi connectivity index (χ0v) is 20.5. The monoisotopic (exact) mass is 498 g/mol. The average molecular weight is 499 g/mol. The fourth-order valence-corrected chi connectivity index (χ4v) is 5.42. The minimum Gasteiger partial charge on any atom is -0.481 e. The third-order valence-electron chi connectivity index (χ3n) is 6.31. The number of thioether (sulfide) groups is 1. The van der Waals surface area contributed by atoms with Crippen LogP contribution >= 0.6 is 23.4 Å². The molecule has 0 aliphatic carbocycles. The number of piperidine rings is 1. The molecule has 0 radical (unpaired) electrons. The molecular weight excluding hydrogens is 472 g/mol. The molecule has 0 bridgehead atoms. The summed E-state index contributed by atoms with van der Waals surface area (Å²) < 4.78 is 5.29. The fraction of sp³-hybridized carbons (Fsp3) is 0.417. The van der Waals surface area contributed by atoms with Crippen molar-refractivity contribution in [1.82, 2.24) is 25.6 Å². The highest BCUT2D eigenvalue weighted by Gasteiger charge is 2.22. The van der Waals surface area contributed by atoms with E-state index in [-0.39, 0.29) is 5.91 Å². The Morgan fingerprint density at radius 2 is 2.15 bits per heavy atom. The first kappa shape index (κ1) is 23.3. The molecule has 2 aliphatic heterocycles. The van der Waals surface area contributed by atoms with Crippen LogP contribution in [-0.2, 0) is 17.8 Å². The van der Waals surface area contributed by atoms with Gasteiger partial charge in [0.15, 0.2) is 0 Å². The van der Waals surface area contributed by atoms with E-state index in [9.17, 15) is 4.79 Å². The number of anilines is 1. The van der Waals surface area contributed by atoms with Crippen molar-refractivity contribution < 1.29 is 9.53 Å². The number of aromatic nitrogens is 3. The molecule has 178 valence electrons. The van der Waals surface area contributed by atoms with Crippen molar-refractivity contribution >= 4 is 46.1 Å². The minimum absolute atomic E-state index is 0.00796. The van der Waals surface area contributed by atoms with Crippen LogP contribution in [0.25, 0.3) is 11.0 Å². The van der Waals surface area contributed by atoms with Crippen molar-refractivity contribution in [3.8, 4) is 5.88 Å². The van der Waals surface area contributed by atoms with Crippen molar-refractivity contribution in [1.29, 1.82) is 0 Å². The maximum absolute atomic E-state index is 11.6. The van der Waals surface area contributed by atoms with Gasteiger partial charge in [-0.15, -0.1) is 11.8 Å². The van der Waals surface area contributed by atoms with E-state index in [0.717, 1.165) is 59.4 Å². The van der Waals surface area contributed by atoms with Crippen LogP contribution in [0.15, 0.2) is 35.4 Å². The molecule has 5 heterocycles. The molecule has 34 heavy (non-hydrogen) atoms. The first-order valence-electron chi connectivity index (χ1n) is 11.5. The third kappa shape index (κ3) is 5.27. The molecule has 1 saturated heterocycles. The van der Waals surface area contributed by atoms with Crippen molar-refractivity contribution in [2.45, 2.75) is 49.2 Å².